The summed E-state index contributed by atoms with van der Waals surface area (Å²) in [5, 5.41) is 17.3. The SMILES string of the molecule is CC(NC(C)c1cccc(Cl)c1)C(=O)Nc1cccc([N+](=O)[O-])c1. The van der Waals surface area contributed by atoms with Crippen LogP contribution in [0, 0.1) is 10.1 Å². The predicted molar refractivity (Wildman–Crippen MR) is 94.2 cm³/mol. The Morgan fingerprint density at radius 3 is 2.54 bits per heavy atom. The number of carbonyl (C=O) groups is 1. The van der Waals surface area contributed by atoms with Crippen LogP contribution in [0.25, 0.3) is 0 Å². The highest BCUT2D eigenvalue weighted by Crippen LogP contribution is 2.19. The first-order valence-corrected chi connectivity index (χ1v) is 7.81. The molecule has 0 aromatic heterocycles. The Kier molecular flexibility index (Phi) is 5.89. The molecule has 2 N–H and O–H groups in total. The largest absolute Gasteiger partial charge is 0.324 e. The Balaban J connectivity index is 1.99. The number of anilines is 1. The summed E-state index contributed by atoms with van der Waals surface area (Å²) in [7, 11) is 0. The molecular weight excluding hydrogens is 330 g/mol. The summed E-state index contributed by atoms with van der Waals surface area (Å²) >= 11 is 5.97. The van der Waals surface area contributed by atoms with Crippen LogP contribution in [0.15, 0.2) is 48.5 Å². The number of nitro groups is 1. The first kappa shape index (κ1) is 17.9. The van der Waals surface area contributed by atoms with Crippen molar-refractivity contribution in [2.75, 3.05) is 5.32 Å². The van der Waals surface area contributed by atoms with E-state index in [-0.39, 0.29) is 17.6 Å². The van der Waals surface area contributed by atoms with Gasteiger partial charge in [-0.2, -0.15) is 0 Å². The zero-order valence-electron chi connectivity index (χ0n) is 13.3. The first-order valence-electron chi connectivity index (χ1n) is 7.43. The van der Waals surface area contributed by atoms with Gasteiger partial charge in [0.05, 0.1) is 11.0 Å². The van der Waals surface area contributed by atoms with Crippen molar-refractivity contribution in [1.29, 1.82) is 0 Å². The van der Waals surface area contributed by atoms with Crippen molar-refractivity contribution in [2.24, 2.45) is 0 Å². The molecular formula is C17H18ClN3O3. The zero-order valence-corrected chi connectivity index (χ0v) is 14.1. The van der Waals surface area contributed by atoms with Gasteiger partial charge < -0.3 is 5.32 Å². The molecule has 2 rings (SSSR count). The lowest BCUT2D eigenvalue weighted by Crippen LogP contribution is -2.39. The molecule has 2 aromatic carbocycles. The summed E-state index contributed by atoms with van der Waals surface area (Å²) in [5.41, 5.74) is 1.29. The Hall–Kier alpha value is -2.44. The molecule has 0 fully saturated rings. The van der Waals surface area contributed by atoms with Crippen molar-refractivity contribution in [1.82, 2.24) is 5.32 Å². The van der Waals surface area contributed by atoms with Gasteiger partial charge in [-0.3, -0.25) is 20.2 Å². The maximum absolute atomic E-state index is 12.3. The van der Waals surface area contributed by atoms with E-state index < -0.39 is 11.0 Å². The lowest BCUT2D eigenvalue weighted by molar-refractivity contribution is -0.384. The number of hydrogen-bond donors (Lipinski definition) is 2. The molecule has 0 bridgehead atoms. The van der Waals surface area contributed by atoms with E-state index in [1.54, 1.807) is 19.1 Å². The summed E-state index contributed by atoms with van der Waals surface area (Å²) in [4.78, 5) is 22.5. The summed E-state index contributed by atoms with van der Waals surface area (Å²) in [5.74, 6) is -0.274. The zero-order chi connectivity index (χ0) is 17.7. The van der Waals surface area contributed by atoms with Gasteiger partial charge in [-0.25, -0.2) is 0 Å². The van der Waals surface area contributed by atoms with E-state index in [2.05, 4.69) is 10.6 Å². The van der Waals surface area contributed by atoms with E-state index in [0.717, 1.165) is 5.56 Å². The van der Waals surface area contributed by atoms with Gasteiger partial charge >= 0.3 is 0 Å². The van der Waals surface area contributed by atoms with Gasteiger partial charge in [-0.05, 0) is 37.6 Å². The van der Waals surface area contributed by atoms with E-state index in [0.29, 0.717) is 10.7 Å². The number of benzene rings is 2. The Bertz CT molecular complexity index is 751. The molecule has 0 radical (unpaired) electrons. The van der Waals surface area contributed by atoms with Gasteiger partial charge in [0.2, 0.25) is 5.91 Å². The smallest absolute Gasteiger partial charge is 0.271 e. The Labute approximate surface area is 145 Å². The number of nitrogens with zero attached hydrogens (tertiary/aromatic N) is 1. The molecule has 1 amide bonds. The summed E-state index contributed by atoms with van der Waals surface area (Å²) in [6.45, 7) is 3.66. The van der Waals surface area contributed by atoms with Crippen LogP contribution in [-0.2, 0) is 4.79 Å². The minimum atomic E-state index is -0.501. The second kappa shape index (κ2) is 7.90. The third kappa shape index (κ3) is 4.78. The fourth-order valence-corrected chi connectivity index (χ4v) is 2.47. The highest BCUT2D eigenvalue weighted by Gasteiger charge is 2.17. The normalized spacial score (nSPS) is 13.1. The van der Waals surface area contributed by atoms with E-state index >= 15 is 0 Å². The fraction of sp³-hybridized carbons (Fsp3) is 0.235. The lowest BCUT2D eigenvalue weighted by Gasteiger charge is -2.20. The lowest BCUT2D eigenvalue weighted by atomic mass is 10.1. The van der Waals surface area contributed by atoms with Gasteiger partial charge in [0.25, 0.3) is 5.69 Å². The quantitative estimate of drug-likeness (QED) is 0.612. The van der Waals surface area contributed by atoms with Crippen LogP contribution in [0.1, 0.15) is 25.5 Å². The summed E-state index contributed by atoms with van der Waals surface area (Å²) in [6, 6.07) is 12.7. The third-order valence-corrected chi connectivity index (χ3v) is 3.80. The van der Waals surface area contributed by atoms with E-state index in [4.69, 9.17) is 11.6 Å². The van der Waals surface area contributed by atoms with Gasteiger partial charge in [-0.1, -0.05) is 29.8 Å². The Morgan fingerprint density at radius 2 is 1.88 bits per heavy atom. The summed E-state index contributed by atoms with van der Waals surface area (Å²) in [6.07, 6.45) is 0. The molecule has 0 aliphatic rings. The van der Waals surface area contributed by atoms with Crippen LogP contribution >= 0.6 is 11.6 Å². The topological polar surface area (TPSA) is 84.3 Å². The number of hydrogen-bond acceptors (Lipinski definition) is 4. The van der Waals surface area contributed by atoms with Crippen LogP contribution in [0.3, 0.4) is 0 Å². The highest BCUT2D eigenvalue weighted by molar-refractivity contribution is 6.30. The molecule has 0 saturated heterocycles. The van der Waals surface area contributed by atoms with Crippen LogP contribution in [0.4, 0.5) is 11.4 Å². The molecule has 0 spiro atoms. The average Bonchev–Trinajstić information content (AvgIpc) is 2.54. The second-order valence-corrected chi connectivity index (χ2v) is 5.90. The Morgan fingerprint density at radius 1 is 1.17 bits per heavy atom. The van der Waals surface area contributed by atoms with Crippen LogP contribution in [-0.4, -0.2) is 16.9 Å². The van der Waals surface area contributed by atoms with Crippen molar-refractivity contribution in [3.05, 3.63) is 69.2 Å². The molecule has 126 valence electrons. The van der Waals surface area contributed by atoms with E-state index in [1.165, 1.54) is 18.2 Å². The van der Waals surface area contributed by atoms with Crippen LogP contribution in [0.5, 0.6) is 0 Å². The van der Waals surface area contributed by atoms with Crippen molar-refractivity contribution in [2.45, 2.75) is 25.9 Å². The number of halogens is 1. The average molecular weight is 348 g/mol. The van der Waals surface area contributed by atoms with Gasteiger partial charge in [0, 0.05) is 28.9 Å². The van der Waals surface area contributed by atoms with E-state index in [9.17, 15) is 14.9 Å². The third-order valence-electron chi connectivity index (χ3n) is 3.57. The molecule has 6 nitrogen and oxygen atoms in total. The number of rotatable bonds is 6. The monoisotopic (exact) mass is 347 g/mol. The second-order valence-electron chi connectivity index (χ2n) is 5.46. The standard InChI is InChI=1S/C17H18ClN3O3/c1-11(13-5-3-6-14(18)9-13)19-12(2)17(22)20-15-7-4-8-16(10-15)21(23)24/h3-12,19H,1-2H3,(H,20,22). The molecule has 2 atom stereocenters. The van der Waals surface area contributed by atoms with Crippen molar-refractivity contribution in [3.63, 3.8) is 0 Å². The number of nitrogens with one attached hydrogen (secondary N) is 2. The minimum absolute atomic E-state index is 0.0688. The number of amides is 1. The molecule has 2 aromatic rings. The first-order chi connectivity index (χ1) is 11.4. The molecule has 0 heterocycles. The summed E-state index contributed by atoms with van der Waals surface area (Å²) < 4.78 is 0. The maximum atomic E-state index is 12.3. The number of non-ortho nitro benzene ring substituents is 1. The van der Waals surface area contributed by atoms with Gasteiger partial charge in [0.15, 0.2) is 0 Å². The fourth-order valence-electron chi connectivity index (χ4n) is 2.27. The van der Waals surface area contributed by atoms with Crippen molar-refractivity contribution in [3.8, 4) is 0 Å². The van der Waals surface area contributed by atoms with Gasteiger partial charge in [0.1, 0.15) is 0 Å². The molecule has 7 heteroatoms. The molecule has 0 aliphatic heterocycles. The van der Waals surface area contributed by atoms with Gasteiger partial charge in [-0.15, -0.1) is 0 Å². The van der Waals surface area contributed by atoms with Crippen LogP contribution in [0.2, 0.25) is 5.02 Å². The molecule has 2 unspecified atom stereocenters. The molecule has 24 heavy (non-hydrogen) atoms. The predicted octanol–water partition coefficient (Wildman–Crippen LogP) is 3.93. The minimum Gasteiger partial charge on any atom is -0.324 e. The maximum Gasteiger partial charge on any atom is 0.271 e. The van der Waals surface area contributed by atoms with E-state index in [1.807, 2.05) is 25.1 Å². The molecule has 0 saturated carbocycles. The number of nitro benzene ring substituents is 1. The number of carbonyl (C=O) groups excluding carboxylic acids is 1. The van der Waals surface area contributed by atoms with Crippen LogP contribution < -0.4 is 10.6 Å². The highest BCUT2D eigenvalue weighted by atomic mass is 35.5. The van der Waals surface area contributed by atoms with Crippen molar-refractivity contribution < 1.29 is 9.72 Å². The van der Waals surface area contributed by atoms with Crippen molar-refractivity contribution >= 4 is 28.9 Å². The molecule has 0 aliphatic carbocycles.